The third-order valence-electron chi connectivity index (χ3n) is 3.68. The van der Waals surface area contributed by atoms with Crippen LogP contribution < -0.4 is 5.69 Å². The number of aryl methyl sites for hydroxylation is 2. The Morgan fingerprint density at radius 2 is 1.60 bits per heavy atom. The van der Waals surface area contributed by atoms with Crippen LogP contribution in [-0.2, 0) is 0 Å². The zero-order valence-electron chi connectivity index (χ0n) is 11.4. The summed E-state index contributed by atoms with van der Waals surface area (Å²) in [5.41, 5.74) is 4.92. The van der Waals surface area contributed by atoms with Gasteiger partial charge in [-0.1, -0.05) is 24.3 Å². The molecule has 2 aromatic carbocycles. The van der Waals surface area contributed by atoms with Gasteiger partial charge in [0.15, 0.2) is 0 Å². The molecule has 0 aliphatic heterocycles. The highest BCUT2D eigenvalue weighted by Crippen LogP contribution is 2.28. The molecule has 20 heavy (non-hydrogen) atoms. The van der Waals surface area contributed by atoms with Crippen molar-refractivity contribution in [1.82, 2.24) is 9.97 Å². The Morgan fingerprint density at radius 3 is 2.30 bits per heavy atom. The molecule has 0 radical (unpaired) electrons. The first kappa shape index (κ1) is 12.7. The first-order valence-corrected chi connectivity index (χ1v) is 6.52. The maximum Gasteiger partial charge on any atom is 0.323 e. The summed E-state index contributed by atoms with van der Waals surface area (Å²) in [6, 6.07) is 11.5. The summed E-state index contributed by atoms with van der Waals surface area (Å²) < 4.78 is 0. The molecule has 0 aliphatic carbocycles. The lowest BCUT2D eigenvalue weighted by molar-refractivity contribution is 0.219. The number of hydrogen-bond acceptors (Lipinski definition) is 2. The number of nitrogens with one attached hydrogen (secondary N) is 2. The van der Waals surface area contributed by atoms with Gasteiger partial charge in [0.25, 0.3) is 0 Å². The zero-order chi connectivity index (χ0) is 14.3. The number of aromatic amines is 2. The normalized spacial score (nSPS) is 12.8. The SMILES string of the molecule is Cc1ccccc1C(O)c1cc2[nH]c(=O)[nH]c2cc1C. The summed E-state index contributed by atoms with van der Waals surface area (Å²) in [4.78, 5) is 16.8. The maximum atomic E-state index is 11.3. The minimum Gasteiger partial charge on any atom is -0.384 e. The van der Waals surface area contributed by atoms with Crippen molar-refractivity contribution < 1.29 is 5.11 Å². The van der Waals surface area contributed by atoms with E-state index < -0.39 is 6.10 Å². The number of aromatic nitrogens is 2. The summed E-state index contributed by atoms with van der Waals surface area (Å²) in [6.45, 7) is 3.91. The van der Waals surface area contributed by atoms with E-state index in [2.05, 4.69) is 9.97 Å². The van der Waals surface area contributed by atoms with Crippen LogP contribution in [0.15, 0.2) is 41.2 Å². The minimum absolute atomic E-state index is 0.234. The van der Waals surface area contributed by atoms with Crippen molar-refractivity contribution in [2.24, 2.45) is 0 Å². The molecule has 0 aliphatic rings. The van der Waals surface area contributed by atoms with E-state index in [1.54, 1.807) is 0 Å². The van der Waals surface area contributed by atoms with Crippen molar-refractivity contribution in [2.45, 2.75) is 20.0 Å². The van der Waals surface area contributed by atoms with Crippen LogP contribution in [0, 0.1) is 13.8 Å². The van der Waals surface area contributed by atoms with Crippen LogP contribution in [0.1, 0.15) is 28.4 Å². The number of aliphatic hydroxyl groups excluding tert-OH is 1. The average molecular weight is 268 g/mol. The van der Waals surface area contributed by atoms with Crippen molar-refractivity contribution in [3.63, 3.8) is 0 Å². The average Bonchev–Trinajstić information content (AvgIpc) is 2.76. The number of fused-ring (bicyclic) bond motifs is 1. The fourth-order valence-electron chi connectivity index (χ4n) is 2.56. The highest BCUT2D eigenvalue weighted by atomic mass is 16.3. The molecule has 0 amide bonds. The molecule has 4 heteroatoms. The van der Waals surface area contributed by atoms with Gasteiger partial charge >= 0.3 is 5.69 Å². The van der Waals surface area contributed by atoms with Gasteiger partial charge in [0, 0.05) is 0 Å². The van der Waals surface area contributed by atoms with E-state index in [9.17, 15) is 9.90 Å². The third-order valence-corrected chi connectivity index (χ3v) is 3.68. The molecule has 4 nitrogen and oxygen atoms in total. The summed E-state index contributed by atoms with van der Waals surface area (Å²) in [7, 11) is 0. The summed E-state index contributed by atoms with van der Waals surface area (Å²) in [5, 5.41) is 10.6. The van der Waals surface area contributed by atoms with Crippen LogP contribution in [0.2, 0.25) is 0 Å². The molecule has 0 fully saturated rings. The second-order valence-electron chi connectivity index (χ2n) is 5.09. The quantitative estimate of drug-likeness (QED) is 0.668. The van der Waals surface area contributed by atoms with Crippen LogP contribution in [-0.4, -0.2) is 15.1 Å². The third kappa shape index (κ3) is 2.04. The summed E-state index contributed by atoms with van der Waals surface area (Å²) in [5.74, 6) is 0. The van der Waals surface area contributed by atoms with Crippen LogP contribution in [0.25, 0.3) is 11.0 Å². The molecule has 102 valence electrons. The highest BCUT2D eigenvalue weighted by Gasteiger charge is 2.16. The number of benzene rings is 2. The molecule has 1 aromatic heterocycles. The molecule has 0 bridgehead atoms. The van der Waals surface area contributed by atoms with E-state index in [0.717, 1.165) is 27.8 Å². The second-order valence-corrected chi connectivity index (χ2v) is 5.09. The van der Waals surface area contributed by atoms with E-state index in [4.69, 9.17) is 0 Å². The van der Waals surface area contributed by atoms with Gasteiger partial charge in [-0.2, -0.15) is 0 Å². The van der Waals surface area contributed by atoms with Gasteiger partial charge in [-0.05, 0) is 48.2 Å². The number of aliphatic hydroxyl groups is 1. The molecule has 0 spiro atoms. The predicted octanol–water partition coefficient (Wildman–Crippen LogP) is 2.55. The van der Waals surface area contributed by atoms with Crippen LogP contribution in [0.4, 0.5) is 0 Å². The maximum absolute atomic E-state index is 11.3. The predicted molar refractivity (Wildman–Crippen MR) is 78.9 cm³/mol. The number of H-pyrrole nitrogens is 2. The van der Waals surface area contributed by atoms with Gasteiger partial charge in [0.2, 0.25) is 0 Å². The smallest absolute Gasteiger partial charge is 0.323 e. The molecule has 0 saturated heterocycles. The lowest BCUT2D eigenvalue weighted by Gasteiger charge is -2.16. The molecular weight excluding hydrogens is 252 g/mol. The molecule has 3 aromatic rings. The Balaban J connectivity index is 2.16. The van der Waals surface area contributed by atoms with Gasteiger partial charge in [0.05, 0.1) is 11.0 Å². The molecule has 3 rings (SSSR count). The van der Waals surface area contributed by atoms with Gasteiger partial charge < -0.3 is 15.1 Å². The van der Waals surface area contributed by atoms with Crippen molar-refractivity contribution in [2.75, 3.05) is 0 Å². The molecule has 0 saturated carbocycles. The van der Waals surface area contributed by atoms with E-state index >= 15 is 0 Å². The lowest BCUT2D eigenvalue weighted by Crippen LogP contribution is -2.04. The van der Waals surface area contributed by atoms with Crippen LogP contribution in [0.3, 0.4) is 0 Å². The molecule has 1 atom stereocenters. The van der Waals surface area contributed by atoms with Gasteiger partial charge in [0.1, 0.15) is 6.10 Å². The monoisotopic (exact) mass is 268 g/mol. The lowest BCUT2D eigenvalue weighted by atomic mass is 9.94. The first-order valence-electron chi connectivity index (χ1n) is 6.52. The topological polar surface area (TPSA) is 68.9 Å². The Hall–Kier alpha value is -2.33. The Bertz CT molecular complexity index is 830. The molecule has 3 N–H and O–H groups in total. The van der Waals surface area contributed by atoms with Gasteiger partial charge in [-0.3, -0.25) is 0 Å². The van der Waals surface area contributed by atoms with Crippen molar-refractivity contribution in [3.8, 4) is 0 Å². The van der Waals surface area contributed by atoms with Gasteiger partial charge in [-0.25, -0.2) is 4.79 Å². The Labute approximate surface area is 116 Å². The van der Waals surface area contributed by atoms with E-state index in [0.29, 0.717) is 5.52 Å². The Kier molecular flexibility index (Phi) is 2.95. The number of hydrogen-bond donors (Lipinski definition) is 3. The van der Waals surface area contributed by atoms with Crippen LogP contribution >= 0.6 is 0 Å². The largest absolute Gasteiger partial charge is 0.384 e. The fraction of sp³-hybridized carbons (Fsp3) is 0.188. The number of imidazole rings is 1. The molecular formula is C16H16N2O2. The van der Waals surface area contributed by atoms with Crippen molar-refractivity contribution >= 4 is 11.0 Å². The van der Waals surface area contributed by atoms with Gasteiger partial charge in [-0.15, -0.1) is 0 Å². The minimum atomic E-state index is -0.695. The van der Waals surface area contributed by atoms with E-state index in [-0.39, 0.29) is 5.69 Å². The zero-order valence-corrected chi connectivity index (χ0v) is 11.4. The summed E-state index contributed by atoms with van der Waals surface area (Å²) >= 11 is 0. The van der Waals surface area contributed by atoms with E-state index in [1.165, 1.54) is 0 Å². The molecule has 1 heterocycles. The number of rotatable bonds is 2. The summed E-state index contributed by atoms with van der Waals surface area (Å²) in [6.07, 6.45) is -0.695. The standard InChI is InChI=1S/C16H16N2O2/c1-9-5-3-4-6-11(9)15(19)12-8-14-13(7-10(12)2)17-16(20)18-14/h3-8,15,19H,1-2H3,(H2,17,18,20). The van der Waals surface area contributed by atoms with Crippen LogP contribution in [0.5, 0.6) is 0 Å². The first-order chi connectivity index (χ1) is 9.56. The Morgan fingerprint density at radius 1 is 0.950 bits per heavy atom. The second kappa shape index (κ2) is 4.65. The highest BCUT2D eigenvalue weighted by molar-refractivity contribution is 5.76. The fourth-order valence-corrected chi connectivity index (χ4v) is 2.56. The van der Waals surface area contributed by atoms with E-state index in [1.807, 2.05) is 50.2 Å². The molecule has 1 unspecified atom stereocenters. The van der Waals surface area contributed by atoms with Crippen molar-refractivity contribution in [1.29, 1.82) is 0 Å². The van der Waals surface area contributed by atoms with Crippen molar-refractivity contribution in [3.05, 3.63) is 69.1 Å².